The van der Waals surface area contributed by atoms with Crippen molar-refractivity contribution in [2.24, 2.45) is 0 Å². The van der Waals surface area contributed by atoms with Gasteiger partial charge in [-0.1, -0.05) is 30.3 Å². The Hall–Kier alpha value is -0.980. The first-order chi connectivity index (χ1) is 10.2. The number of rotatable bonds is 9. The molecule has 1 aliphatic rings. The Morgan fingerprint density at radius 1 is 1.19 bits per heavy atom. The van der Waals surface area contributed by atoms with E-state index in [2.05, 4.69) is 0 Å². The molecule has 0 aliphatic carbocycles. The Kier molecular flexibility index (Phi) is 6.14. The summed E-state index contributed by atoms with van der Waals surface area (Å²) in [6, 6.07) is 9.89. The molecule has 0 amide bonds. The van der Waals surface area contributed by atoms with Crippen molar-refractivity contribution >= 4 is 0 Å². The van der Waals surface area contributed by atoms with Crippen molar-refractivity contribution < 1.29 is 24.1 Å². The minimum absolute atomic E-state index is 0.0346. The first-order valence-corrected chi connectivity index (χ1v) is 7.20. The van der Waals surface area contributed by atoms with Crippen LogP contribution in [0.15, 0.2) is 30.3 Å². The van der Waals surface area contributed by atoms with Crippen LogP contribution in [0.4, 0.5) is 0 Å². The van der Waals surface area contributed by atoms with Crippen LogP contribution in [-0.4, -0.2) is 50.0 Å². The van der Waals surface area contributed by atoms with Gasteiger partial charge in [0.2, 0.25) is 0 Å². The molecule has 1 N–H and O–H groups in total. The zero-order valence-electron chi connectivity index (χ0n) is 12.8. The van der Waals surface area contributed by atoms with Crippen LogP contribution < -0.4 is 0 Å². The largest absolute Gasteiger partial charge is 0.388 e. The highest BCUT2D eigenvalue weighted by Crippen LogP contribution is 2.32. The molecule has 1 aliphatic heterocycles. The second-order valence-electron chi connectivity index (χ2n) is 5.27. The minimum Gasteiger partial charge on any atom is -0.388 e. The van der Waals surface area contributed by atoms with Crippen LogP contribution in [0, 0.1) is 0 Å². The van der Waals surface area contributed by atoms with E-state index < -0.39 is 6.10 Å². The van der Waals surface area contributed by atoms with Gasteiger partial charge in [-0.2, -0.15) is 0 Å². The molecule has 1 heterocycles. The molecule has 21 heavy (non-hydrogen) atoms. The number of methoxy groups -OCH3 is 2. The van der Waals surface area contributed by atoms with Gasteiger partial charge in [-0.3, -0.25) is 0 Å². The van der Waals surface area contributed by atoms with Crippen LogP contribution >= 0.6 is 0 Å². The second-order valence-corrected chi connectivity index (χ2v) is 5.27. The van der Waals surface area contributed by atoms with Crippen molar-refractivity contribution in [3.05, 3.63) is 35.9 Å². The quantitative estimate of drug-likeness (QED) is 0.555. The van der Waals surface area contributed by atoms with Crippen LogP contribution in [0.2, 0.25) is 0 Å². The molecule has 0 aromatic heterocycles. The standard InChI is InChI=1S/C16H24O5/c1-11(20-10-12-7-5-4-6-8-12)15(17)16-13(21-16)9-14(18-2)19-3/h4-8,11,13-17H,9-10H2,1-3H3/t11-,13+,15+,16-/m1/s1. The van der Waals surface area contributed by atoms with Gasteiger partial charge in [-0.05, 0) is 12.5 Å². The molecule has 1 saturated heterocycles. The van der Waals surface area contributed by atoms with Gasteiger partial charge in [-0.15, -0.1) is 0 Å². The lowest BCUT2D eigenvalue weighted by atomic mass is 10.1. The topological polar surface area (TPSA) is 60.5 Å². The summed E-state index contributed by atoms with van der Waals surface area (Å²) in [6.07, 6.45) is -0.860. The third-order valence-electron chi connectivity index (χ3n) is 3.75. The van der Waals surface area contributed by atoms with Crippen LogP contribution in [0.25, 0.3) is 0 Å². The summed E-state index contributed by atoms with van der Waals surface area (Å²) in [7, 11) is 3.18. The zero-order valence-corrected chi connectivity index (χ0v) is 12.8. The summed E-state index contributed by atoms with van der Waals surface area (Å²) in [5.74, 6) is 0. The first kappa shape index (κ1) is 16.4. The number of aliphatic hydroxyl groups excluding tert-OH is 1. The SMILES string of the molecule is COC(C[C@@H]1O[C@H]1[C@@H](O)[C@@H](C)OCc1ccccc1)OC. The van der Waals surface area contributed by atoms with Crippen molar-refractivity contribution in [2.75, 3.05) is 14.2 Å². The Morgan fingerprint density at radius 3 is 2.48 bits per heavy atom. The fraction of sp³-hybridized carbons (Fsp3) is 0.625. The molecule has 0 bridgehead atoms. The Morgan fingerprint density at radius 2 is 1.86 bits per heavy atom. The van der Waals surface area contributed by atoms with Crippen molar-refractivity contribution in [2.45, 2.75) is 50.7 Å². The Labute approximate surface area is 125 Å². The fourth-order valence-corrected chi connectivity index (χ4v) is 2.29. The maximum Gasteiger partial charge on any atom is 0.159 e. The Bertz CT molecular complexity index is 406. The molecule has 0 saturated carbocycles. The maximum atomic E-state index is 10.2. The first-order valence-electron chi connectivity index (χ1n) is 7.20. The van der Waals surface area contributed by atoms with Gasteiger partial charge in [0.1, 0.15) is 12.2 Å². The lowest BCUT2D eigenvalue weighted by Gasteiger charge is -2.18. The zero-order chi connectivity index (χ0) is 15.2. The molecular formula is C16H24O5. The van der Waals surface area contributed by atoms with Gasteiger partial charge in [-0.25, -0.2) is 0 Å². The van der Waals surface area contributed by atoms with Crippen molar-refractivity contribution in [1.29, 1.82) is 0 Å². The summed E-state index contributed by atoms with van der Waals surface area (Å²) in [4.78, 5) is 0. The van der Waals surface area contributed by atoms with Crippen LogP contribution in [-0.2, 0) is 25.6 Å². The highest BCUT2D eigenvalue weighted by Gasteiger charge is 2.47. The lowest BCUT2D eigenvalue weighted by molar-refractivity contribution is -0.109. The summed E-state index contributed by atoms with van der Waals surface area (Å²) in [5.41, 5.74) is 1.09. The summed E-state index contributed by atoms with van der Waals surface area (Å²) in [6.45, 7) is 2.34. The number of benzene rings is 1. The molecule has 1 fully saturated rings. The normalized spacial score (nSPS) is 24.0. The lowest BCUT2D eigenvalue weighted by Crippen LogP contribution is -2.32. The highest BCUT2D eigenvalue weighted by molar-refractivity contribution is 5.13. The van der Waals surface area contributed by atoms with E-state index in [1.165, 1.54) is 0 Å². The van der Waals surface area contributed by atoms with E-state index in [-0.39, 0.29) is 24.6 Å². The van der Waals surface area contributed by atoms with Gasteiger partial charge in [0.25, 0.3) is 0 Å². The second kappa shape index (κ2) is 7.87. The molecule has 118 valence electrons. The van der Waals surface area contributed by atoms with Crippen LogP contribution in [0.1, 0.15) is 18.9 Å². The maximum absolute atomic E-state index is 10.2. The molecule has 4 atom stereocenters. The molecule has 1 aromatic rings. The predicted molar refractivity (Wildman–Crippen MR) is 77.8 cm³/mol. The predicted octanol–water partition coefficient (Wildman–Crippen LogP) is 1.73. The van der Waals surface area contributed by atoms with Gasteiger partial charge >= 0.3 is 0 Å². The van der Waals surface area contributed by atoms with E-state index in [1.807, 2.05) is 37.3 Å². The van der Waals surface area contributed by atoms with Gasteiger partial charge in [0, 0.05) is 20.6 Å². The summed E-state index contributed by atoms with van der Waals surface area (Å²) >= 11 is 0. The smallest absolute Gasteiger partial charge is 0.159 e. The monoisotopic (exact) mass is 296 g/mol. The van der Waals surface area contributed by atoms with Crippen LogP contribution in [0.3, 0.4) is 0 Å². The molecule has 0 unspecified atom stereocenters. The molecule has 0 spiro atoms. The molecular weight excluding hydrogens is 272 g/mol. The molecule has 5 nitrogen and oxygen atoms in total. The fourth-order valence-electron chi connectivity index (χ4n) is 2.29. The summed E-state index contributed by atoms with van der Waals surface area (Å²) < 4.78 is 21.5. The number of hydrogen-bond donors (Lipinski definition) is 1. The number of hydrogen-bond acceptors (Lipinski definition) is 5. The molecule has 2 rings (SSSR count). The van der Waals surface area contributed by atoms with E-state index in [9.17, 15) is 5.11 Å². The van der Waals surface area contributed by atoms with E-state index in [4.69, 9.17) is 18.9 Å². The molecule has 0 radical (unpaired) electrons. The third-order valence-corrected chi connectivity index (χ3v) is 3.75. The summed E-state index contributed by atoms with van der Waals surface area (Å²) in [5, 5.41) is 10.2. The Balaban J connectivity index is 1.72. The molecule has 1 aromatic carbocycles. The van der Waals surface area contributed by atoms with Crippen LogP contribution in [0.5, 0.6) is 0 Å². The van der Waals surface area contributed by atoms with Crippen molar-refractivity contribution in [1.82, 2.24) is 0 Å². The van der Waals surface area contributed by atoms with E-state index in [0.717, 1.165) is 5.56 Å². The van der Waals surface area contributed by atoms with Gasteiger partial charge in [0.15, 0.2) is 6.29 Å². The van der Waals surface area contributed by atoms with Gasteiger partial charge in [0.05, 0.1) is 18.8 Å². The van der Waals surface area contributed by atoms with Gasteiger partial charge < -0.3 is 24.1 Å². The third kappa shape index (κ3) is 4.76. The molecule has 5 heteroatoms. The minimum atomic E-state index is -0.645. The van der Waals surface area contributed by atoms with Crippen molar-refractivity contribution in [3.8, 4) is 0 Å². The van der Waals surface area contributed by atoms with E-state index >= 15 is 0 Å². The number of ether oxygens (including phenoxy) is 4. The van der Waals surface area contributed by atoms with E-state index in [0.29, 0.717) is 13.0 Å². The van der Waals surface area contributed by atoms with Crippen molar-refractivity contribution in [3.63, 3.8) is 0 Å². The highest BCUT2D eigenvalue weighted by atomic mass is 16.7. The van der Waals surface area contributed by atoms with E-state index in [1.54, 1.807) is 14.2 Å². The number of epoxide rings is 1. The number of aliphatic hydroxyl groups is 1. The average Bonchev–Trinajstić information content (AvgIpc) is 3.29. The average molecular weight is 296 g/mol.